The average molecular weight is 486 g/mol. The molecule has 0 bridgehead atoms. The second kappa shape index (κ2) is 14.2. The van der Waals surface area contributed by atoms with Gasteiger partial charge in [-0.3, -0.25) is 14.4 Å². The van der Waals surface area contributed by atoms with E-state index in [2.05, 4.69) is 16.0 Å². The Kier molecular flexibility index (Phi) is 10.4. The highest BCUT2D eigenvalue weighted by Crippen LogP contribution is 2.19. The van der Waals surface area contributed by atoms with Gasteiger partial charge < -0.3 is 20.7 Å². The van der Waals surface area contributed by atoms with Crippen LogP contribution in [0.3, 0.4) is 0 Å². The lowest BCUT2D eigenvalue weighted by Gasteiger charge is -2.16. The summed E-state index contributed by atoms with van der Waals surface area (Å²) in [4.78, 5) is 48.2. The molecule has 3 aromatic carbocycles. The summed E-state index contributed by atoms with van der Waals surface area (Å²) in [5.41, 5.74) is 3.58. The van der Waals surface area contributed by atoms with Gasteiger partial charge in [0.2, 0.25) is 11.8 Å². The fraction of sp³-hybridized carbons (Fsp3) is 0.241. The molecule has 0 aliphatic heterocycles. The number of rotatable bonds is 13. The van der Waals surface area contributed by atoms with E-state index in [1.165, 1.54) is 0 Å². The van der Waals surface area contributed by atoms with Crippen LogP contribution in [0.2, 0.25) is 0 Å². The molecule has 3 amide bonds. The quantitative estimate of drug-likeness (QED) is 0.255. The first-order valence-electron chi connectivity index (χ1n) is 12.0. The number of amides is 3. The zero-order chi connectivity index (χ0) is 25.6. The fourth-order valence-electron chi connectivity index (χ4n) is 3.69. The van der Waals surface area contributed by atoms with Crippen LogP contribution in [-0.4, -0.2) is 43.1 Å². The third-order valence-electron chi connectivity index (χ3n) is 5.64. The molecule has 0 heterocycles. The summed E-state index contributed by atoms with van der Waals surface area (Å²) >= 11 is 0. The first-order chi connectivity index (χ1) is 17.6. The molecule has 0 aromatic heterocycles. The van der Waals surface area contributed by atoms with Crippen molar-refractivity contribution >= 4 is 24.0 Å². The Morgan fingerprint density at radius 3 is 2.17 bits per heavy atom. The highest BCUT2D eigenvalue weighted by molar-refractivity contribution is 5.95. The molecule has 0 aliphatic carbocycles. The smallest absolute Gasteiger partial charge is 0.251 e. The maximum Gasteiger partial charge on any atom is 0.251 e. The van der Waals surface area contributed by atoms with Gasteiger partial charge in [-0.1, -0.05) is 72.8 Å². The number of carbonyl (C=O) groups excluding carboxylic acids is 4. The van der Waals surface area contributed by atoms with Crippen molar-refractivity contribution in [3.8, 4) is 11.1 Å². The number of nitrogens with one attached hydrogen (secondary N) is 3. The van der Waals surface area contributed by atoms with Crippen LogP contribution < -0.4 is 16.0 Å². The van der Waals surface area contributed by atoms with Gasteiger partial charge in [0, 0.05) is 31.5 Å². The molecule has 0 radical (unpaired) electrons. The summed E-state index contributed by atoms with van der Waals surface area (Å²) in [6.07, 6.45) is 1.80. The monoisotopic (exact) mass is 485 g/mol. The maximum absolute atomic E-state index is 12.5. The summed E-state index contributed by atoms with van der Waals surface area (Å²) in [6.45, 7) is 0.675. The van der Waals surface area contributed by atoms with E-state index in [4.69, 9.17) is 0 Å². The van der Waals surface area contributed by atoms with Crippen molar-refractivity contribution in [1.29, 1.82) is 0 Å². The van der Waals surface area contributed by atoms with Crippen LogP contribution >= 0.6 is 0 Å². The second-order valence-corrected chi connectivity index (χ2v) is 8.36. The molecular weight excluding hydrogens is 454 g/mol. The predicted octanol–water partition coefficient (Wildman–Crippen LogP) is 3.30. The molecule has 3 N–H and O–H groups in total. The van der Waals surface area contributed by atoms with E-state index in [9.17, 15) is 19.2 Å². The number of carbonyl (C=O) groups is 4. The van der Waals surface area contributed by atoms with Gasteiger partial charge in [-0.25, -0.2) is 0 Å². The van der Waals surface area contributed by atoms with Gasteiger partial charge >= 0.3 is 0 Å². The fourth-order valence-corrected chi connectivity index (χ4v) is 3.69. The lowest BCUT2D eigenvalue weighted by Crippen LogP contribution is -2.47. The lowest BCUT2D eigenvalue weighted by molar-refractivity contribution is -0.129. The van der Waals surface area contributed by atoms with Gasteiger partial charge in [0.25, 0.3) is 5.91 Å². The second-order valence-electron chi connectivity index (χ2n) is 8.36. The minimum atomic E-state index is -0.916. The molecule has 3 aromatic rings. The van der Waals surface area contributed by atoms with E-state index in [0.717, 1.165) is 16.7 Å². The summed E-state index contributed by atoms with van der Waals surface area (Å²) < 4.78 is 0. The SMILES string of the molecule is O=CC[C@H](NC(=O)CCc1ccccc1)C(=O)NCCCNC(=O)c1cccc(-c2ccccc2)c1. The molecule has 0 fully saturated rings. The molecule has 0 saturated carbocycles. The molecule has 0 aliphatic rings. The van der Waals surface area contributed by atoms with E-state index in [1.807, 2.05) is 78.9 Å². The zero-order valence-electron chi connectivity index (χ0n) is 20.1. The predicted molar refractivity (Wildman–Crippen MR) is 139 cm³/mol. The van der Waals surface area contributed by atoms with E-state index >= 15 is 0 Å². The van der Waals surface area contributed by atoms with Crippen molar-refractivity contribution in [2.45, 2.75) is 31.7 Å². The number of aldehydes is 1. The minimum absolute atomic E-state index is 0.0998. The topological polar surface area (TPSA) is 104 Å². The number of benzene rings is 3. The van der Waals surface area contributed by atoms with E-state index in [1.54, 1.807) is 6.07 Å². The molecule has 3 rings (SSSR count). The van der Waals surface area contributed by atoms with Gasteiger partial charge in [0.15, 0.2) is 0 Å². The van der Waals surface area contributed by atoms with Crippen LogP contribution in [-0.2, 0) is 20.8 Å². The number of aryl methyl sites for hydroxylation is 1. The van der Waals surface area contributed by atoms with Crippen molar-refractivity contribution in [2.75, 3.05) is 13.1 Å². The van der Waals surface area contributed by atoms with Crippen LogP contribution in [0.25, 0.3) is 11.1 Å². The van der Waals surface area contributed by atoms with Crippen molar-refractivity contribution in [2.24, 2.45) is 0 Å². The summed E-state index contributed by atoms with van der Waals surface area (Å²) in [5.74, 6) is -0.897. The van der Waals surface area contributed by atoms with Crippen LogP contribution in [0, 0.1) is 0 Å². The van der Waals surface area contributed by atoms with Crippen molar-refractivity contribution in [1.82, 2.24) is 16.0 Å². The molecule has 0 saturated heterocycles. The Hall–Kier alpha value is -4.26. The summed E-state index contributed by atoms with van der Waals surface area (Å²) in [6, 6.07) is 25.9. The van der Waals surface area contributed by atoms with Gasteiger partial charge in [-0.15, -0.1) is 0 Å². The molecule has 0 spiro atoms. The first-order valence-corrected chi connectivity index (χ1v) is 12.0. The van der Waals surface area contributed by atoms with Crippen molar-refractivity contribution < 1.29 is 19.2 Å². The molecular formula is C29H31N3O4. The van der Waals surface area contributed by atoms with Gasteiger partial charge in [0.1, 0.15) is 12.3 Å². The molecule has 1 atom stereocenters. The minimum Gasteiger partial charge on any atom is -0.354 e. The standard InChI is InChI=1S/C29H31N3O4/c33-20-17-26(32-27(34)16-15-22-9-3-1-4-10-22)29(36)31-19-8-18-30-28(35)25-14-7-13-24(21-25)23-11-5-2-6-12-23/h1-7,9-14,20-21,26H,8,15-19H2,(H,30,35)(H,31,36)(H,32,34)/t26-/m0/s1. The number of hydrogen-bond donors (Lipinski definition) is 3. The van der Waals surface area contributed by atoms with Crippen molar-refractivity contribution in [3.05, 3.63) is 96.1 Å². The summed E-state index contributed by atoms with van der Waals surface area (Å²) in [5, 5.41) is 8.22. The Morgan fingerprint density at radius 2 is 1.44 bits per heavy atom. The molecule has 7 nitrogen and oxygen atoms in total. The average Bonchev–Trinajstić information content (AvgIpc) is 2.92. The maximum atomic E-state index is 12.5. The van der Waals surface area contributed by atoms with Crippen LogP contribution in [0.1, 0.15) is 35.2 Å². The Balaban J connectivity index is 1.39. The molecule has 7 heteroatoms. The van der Waals surface area contributed by atoms with Gasteiger partial charge in [-0.05, 0) is 41.7 Å². The first kappa shape index (κ1) is 26.3. The molecule has 0 unspecified atom stereocenters. The van der Waals surface area contributed by atoms with Crippen LogP contribution in [0.15, 0.2) is 84.9 Å². The van der Waals surface area contributed by atoms with Crippen molar-refractivity contribution in [3.63, 3.8) is 0 Å². The summed E-state index contributed by atoms with van der Waals surface area (Å²) in [7, 11) is 0. The lowest BCUT2D eigenvalue weighted by atomic mass is 10.0. The Bertz CT molecular complexity index is 1150. The van der Waals surface area contributed by atoms with Crippen LogP contribution in [0.5, 0.6) is 0 Å². The van der Waals surface area contributed by atoms with Gasteiger partial charge in [0.05, 0.1) is 0 Å². The number of hydrogen-bond acceptors (Lipinski definition) is 4. The third-order valence-corrected chi connectivity index (χ3v) is 5.64. The van der Waals surface area contributed by atoms with Crippen LogP contribution in [0.4, 0.5) is 0 Å². The normalized spacial score (nSPS) is 11.2. The molecule has 186 valence electrons. The highest BCUT2D eigenvalue weighted by atomic mass is 16.2. The highest BCUT2D eigenvalue weighted by Gasteiger charge is 2.20. The van der Waals surface area contributed by atoms with E-state index in [-0.39, 0.29) is 24.7 Å². The third kappa shape index (κ3) is 8.51. The van der Waals surface area contributed by atoms with E-state index in [0.29, 0.717) is 37.8 Å². The largest absolute Gasteiger partial charge is 0.354 e. The zero-order valence-corrected chi connectivity index (χ0v) is 20.1. The Labute approximate surface area is 211 Å². The van der Waals surface area contributed by atoms with E-state index < -0.39 is 11.9 Å². The van der Waals surface area contributed by atoms with Gasteiger partial charge in [-0.2, -0.15) is 0 Å². The molecule has 36 heavy (non-hydrogen) atoms. The Morgan fingerprint density at radius 1 is 0.778 bits per heavy atom.